The molecule has 0 saturated heterocycles. The number of anilines is 3. The summed E-state index contributed by atoms with van der Waals surface area (Å²) in [4.78, 5) is 2.37. The van der Waals surface area contributed by atoms with Gasteiger partial charge in [0.05, 0.1) is 11.1 Å². The van der Waals surface area contributed by atoms with Gasteiger partial charge in [0.15, 0.2) is 5.58 Å². The van der Waals surface area contributed by atoms with Crippen molar-refractivity contribution in [3.8, 4) is 55.6 Å². The Bertz CT molecular complexity index is 4560. The number of hydrogen-bond acceptors (Lipinski definition) is 3. The topological polar surface area (TPSA) is 29.5 Å². The van der Waals surface area contributed by atoms with E-state index in [0.29, 0.717) is 0 Å². The summed E-state index contributed by atoms with van der Waals surface area (Å²) in [7, 11) is 0. The van der Waals surface area contributed by atoms with E-state index in [2.05, 4.69) is 260 Å². The second-order valence-corrected chi connectivity index (χ2v) is 19.8. The minimum atomic E-state index is -0.457. The molecule has 0 bridgehead atoms. The Kier molecular flexibility index (Phi) is 8.66. The molecule has 12 aromatic carbocycles. The minimum absolute atomic E-state index is 0.457. The molecule has 3 nitrogen and oxygen atoms in total. The van der Waals surface area contributed by atoms with Crippen molar-refractivity contribution < 1.29 is 8.83 Å². The Morgan fingerprint density at radius 1 is 0.297 bits per heavy atom. The third kappa shape index (κ3) is 5.72. The molecule has 0 atom stereocenters. The smallest absolute Gasteiger partial charge is 0.159 e. The Balaban J connectivity index is 0.961. The Hall–Kier alpha value is -9.70. The average molecular weight is 942 g/mol. The zero-order valence-corrected chi connectivity index (χ0v) is 40.1. The number of furan rings is 2. The summed E-state index contributed by atoms with van der Waals surface area (Å²) in [5.74, 6) is 0. The van der Waals surface area contributed by atoms with Gasteiger partial charge in [-0.15, -0.1) is 0 Å². The van der Waals surface area contributed by atoms with E-state index in [-0.39, 0.29) is 0 Å². The van der Waals surface area contributed by atoms with E-state index in [0.717, 1.165) is 88.8 Å². The molecule has 0 N–H and O–H groups in total. The van der Waals surface area contributed by atoms with Gasteiger partial charge in [-0.3, -0.25) is 0 Å². The summed E-state index contributed by atoms with van der Waals surface area (Å²) in [6, 6.07) is 95.0. The fourth-order valence-electron chi connectivity index (χ4n) is 13.0. The highest BCUT2D eigenvalue weighted by molar-refractivity contribution is 6.19. The number of para-hydroxylation sites is 3. The average Bonchev–Trinajstić information content (AvgIpc) is 4.21. The van der Waals surface area contributed by atoms with Crippen LogP contribution in [0.5, 0.6) is 0 Å². The molecule has 2 heterocycles. The molecule has 0 saturated carbocycles. The molecule has 14 aromatic rings. The van der Waals surface area contributed by atoms with Crippen LogP contribution < -0.4 is 4.90 Å². The van der Waals surface area contributed by atoms with E-state index in [4.69, 9.17) is 8.83 Å². The van der Waals surface area contributed by atoms with Crippen LogP contribution >= 0.6 is 0 Å². The highest BCUT2D eigenvalue weighted by Crippen LogP contribution is 2.64. The second kappa shape index (κ2) is 15.6. The van der Waals surface area contributed by atoms with Crippen molar-refractivity contribution in [2.75, 3.05) is 4.90 Å². The molecule has 16 rings (SSSR count). The summed E-state index contributed by atoms with van der Waals surface area (Å²) in [5, 5.41) is 6.78. The molecule has 0 radical (unpaired) electrons. The first-order valence-corrected chi connectivity index (χ1v) is 25.5. The molecule has 74 heavy (non-hydrogen) atoms. The normalized spacial score (nSPS) is 13.0. The van der Waals surface area contributed by atoms with E-state index >= 15 is 0 Å². The van der Waals surface area contributed by atoms with Crippen LogP contribution in [0.15, 0.2) is 270 Å². The lowest BCUT2D eigenvalue weighted by molar-refractivity contribution is 0.669. The maximum absolute atomic E-state index is 7.27. The van der Waals surface area contributed by atoms with Gasteiger partial charge in [0.1, 0.15) is 16.7 Å². The molecule has 0 amide bonds. The van der Waals surface area contributed by atoms with Crippen LogP contribution in [0.25, 0.3) is 110 Å². The monoisotopic (exact) mass is 941 g/mol. The van der Waals surface area contributed by atoms with Crippen molar-refractivity contribution in [1.29, 1.82) is 0 Å². The summed E-state index contributed by atoms with van der Waals surface area (Å²) in [6.07, 6.45) is 0. The van der Waals surface area contributed by atoms with Crippen molar-refractivity contribution in [2.24, 2.45) is 0 Å². The lowest BCUT2D eigenvalue weighted by Gasteiger charge is -2.30. The first-order valence-electron chi connectivity index (χ1n) is 25.5. The largest absolute Gasteiger partial charge is 0.455 e. The summed E-state index contributed by atoms with van der Waals surface area (Å²) in [5.41, 5.74) is 22.9. The predicted octanol–water partition coefficient (Wildman–Crippen LogP) is 19.5. The van der Waals surface area contributed by atoms with Crippen LogP contribution in [0, 0.1) is 0 Å². The predicted molar refractivity (Wildman–Crippen MR) is 306 cm³/mol. The van der Waals surface area contributed by atoms with Crippen LogP contribution in [0.1, 0.15) is 22.3 Å². The lowest BCUT2D eigenvalue weighted by Crippen LogP contribution is -2.25. The Morgan fingerprint density at radius 2 is 0.851 bits per heavy atom. The van der Waals surface area contributed by atoms with Crippen molar-refractivity contribution >= 4 is 71.7 Å². The maximum Gasteiger partial charge on any atom is 0.159 e. The van der Waals surface area contributed by atoms with E-state index in [9.17, 15) is 0 Å². The van der Waals surface area contributed by atoms with Gasteiger partial charge in [0.25, 0.3) is 0 Å². The summed E-state index contributed by atoms with van der Waals surface area (Å²) in [6.45, 7) is 0. The van der Waals surface area contributed by atoms with Crippen LogP contribution in [0.2, 0.25) is 0 Å². The molecule has 0 unspecified atom stereocenters. The first-order chi connectivity index (χ1) is 36.7. The zero-order valence-electron chi connectivity index (χ0n) is 40.1. The number of rotatable bonds is 6. The molecule has 0 fully saturated rings. The minimum Gasteiger partial charge on any atom is -0.455 e. The van der Waals surface area contributed by atoms with Crippen molar-refractivity contribution in [2.45, 2.75) is 5.41 Å². The molecular weight excluding hydrogens is 899 g/mol. The fraction of sp³-hybridized carbons (Fsp3) is 0.0141. The molecular formula is C71H43NO2. The number of nitrogens with zero attached hydrogens (tertiary/aromatic N) is 1. The van der Waals surface area contributed by atoms with Gasteiger partial charge < -0.3 is 13.7 Å². The molecule has 2 aliphatic rings. The Morgan fingerprint density at radius 3 is 1.65 bits per heavy atom. The molecule has 2 aliphatic carbocycles. The standard InChI is InChI=1S/C71H43NO2/c1-2-17-44(18-3-1)45-35-37-49(38-36-45)72(64-33-16-28-57-56-24-9-13-34-65(56)73-70(57)64)50-42-47(52-26-14-20-46-19-4-5-21-51(46)52)41-48(43-50)53-27-15-29-59-68-66(74-69(53)59)40-39-63-67(68)58-25-8-12-32-62(58)71(63)60-30-10-6-22-54(60)55-23-7-11-31-61(55)71/h1-43H. The van der Waals surface area contributed by atoms with Gasteiger partial charge in [-0.25, -0.2) is 0 Å². The first kappa shape index (κ1) is 41.0. The maximum atomic E-state index is 7.27. The van der Waals surface area contributed by atoms with Crippen molar-refractivity contribution in [1.82, 2.24) is 0 Å². The van der Waals surface area contributed by atoms with Gasteiger partial charge in [-0.05, 0) is 132 Å². The summed E-state index contributed by atoms with van der Waals surface area (Å²) >= 11 is 0. The molecule has 0 aliphatic heterocycles. The number of hydrogen-bond donors (Lipinski definition) is 0. The highest BCUT2D eigenvalue weighted by atomic mass is 16.3. The van der Waals surface area contributed by atoms with Crippen LogP contribution in [0.4, 0.5) is 17.1 Å². The fourth-order valence-corrected chi connectivity index (χ4v) is 13.0. The molecule has 2 aromatic heterocycles. The lowest BCUT2D eigenvalue weighted by atomic mass is 9.70. The molecule has 3 heteroatoms. The quantitative estimate of drug-likeness (QED) is 0.166. The van der Waals surface area contributed by atoms with Crippen molar-refractivity contribution in [3.63, 3.8) is 0 Å². The van der Waals surface area contributed by atoms with Gasteiger partial charge >= 0.3 is 0 Å². The summed E-state index contributed by atoms with van der Waals surface area (Å²) < 4.78 is 14.1. The third-order valence-electron chi connectivity index (χ3n) is 16.1. The van der Waals surface area contributed by atoms with Crippen LogP contribution in [-0.2, 0) is 5.41 Å². The van der Waals surface area contributed by atoms with Gasteiger partial charge in [-0.2, -0.15) is 0 Å². The van der Waals surface area contributed by atoms with Gasteiger partial charge in [0, 0.05) is 38.5 Å². The Labute approximate surface area is 427 Å². The zero-order chi connectivity index (χ0) is 48.5. The van der Waals surface area contributed by atoms with E-state index < -0.39 is 5.41 Å². The SMILES string of the molecule is c1ccc(-c2ccc(N(c3cc(-c4cccc5ccccc45)cc(-c4cccc5c4oc4ccc6c(c45)-c4ccccc4C64c5ccccc5-c5ccccc54)c3)c3cccc4c3oc3ccccc34)cc2)cc1. The highest BCUT2D eigenvalue weighted by Gasteiger charge is 2.52. The van der Waals surface area contributed by atoms with Crippen molar-refractivity contribution in [3.05, 3.63) is 283 Å². The van der Waals surface area contributed by atoms with Gasteiger partial charge in [0.2, 0.25) is 0 Å². The van der Waals surface area contributed by atoms with Gasteiger partial charge in [-0.1, -0.05) is 212 Å². The number of fused-ring (bicyclic) bond motifs is 18. The van der Waals surface area contributed by atoms with E-state index in [1.165, 1.54) is 60.8 Å². The molecule has 1 spiro atoms. The number of benzene rings is 12. The molecule has 344 valence electrons. The second-order valence-electron chi connectivity index (χ2n) is 19.8. The third-order valence-corrected chi connectivity index (χ3v) is 16.1. The van der Waals surface area contributed by atoms with Crippen LogP contribution in [-0.4, -0.2) is 0 Å². The van der Waals surface area contributed by atoms with E-state index in [1.807, 2.05) is 6.07 Å². The van der Waals surface area contributed by atoms with Crippen LogP contribution in [0.3, 0.4) is 0 Å². The van der Waals surface area contributed by atoms with E-state index in [1.54, 1.807) is 0 Å².